The highest BCUT2D eigenvalue weighted by Crippen LogP contribution is 2.35. The van der Waals surface area contributed by atoms with Gasteiger partial charge in [0.1, 0.15) is 11.8 Å². The van der Waals surface area contributed by atoms with Crippen molar-refractivity contribution in [2.45, 2.75) is 70.2 Å². The minimum absolute atomic E-state index is 0.0834. The molecule has 0 spiro atoms. The average molecular weight is 489 g/mol. The molecule has 1 saturated carbocycles. The normalized spacial score (nSPS) is 19.6. The van der Waals surface area contributed by atoms with E-state index in [4.69, 9.17) is 9.15 Å². The van der Waals surface area contributed by atoms with E-state index in [1.54, 1.807) is 6.26 Å². The minimum Gasteiger partial charge on any atom is -0.468 e. The Hall–Kier alpha value is -3.30. The van der Waals surface area contributed by atoms with Crippen LogP contribution in [0.4, 0.5) is 0 Å². The number of H-pyrrole nitrogens is 1. The van der Waals surface area contributed by atoms with Crippen LogP contribution in [0.25, 0.3) is 10.9 Å². The molecule has 0 unspecified atom stereocenters. The summed E-state index contributed by atoms with van der Waals surface area (Å²) in [5.74, 6) is 1.52. The topological polar surface area (TPSA) is 102 Å². The number of furan rings is 1. The van der Waals surface area contributed by atoms with Crippen LogP contribution in [-0.2, 0) is 11.3 Å². The maximum Gasteiger partial charge on any atom is 0.253 e. The third-order valence-corrected chi connectivity index (χ3v) is 7.61. The second-order valence-electron chi connectivity index (χ2n) is 10.1. The number of nitrogens with one attached hydrogen (secondary N) is 1. The maximum atomic E-state index is 13.7. The third-order valence-electron chi connectivity index (χ3n) is 7.61. The standard InChI is InChI=1S/C27H32N6O3/c1-18-7-4-8-19-15-23(27(34)28-24(18)19)25(26-29-30-31-33(26)20-9-2-3-10-20)32(16-21-11-5-13-35-21)17-22-12-6-14-36-22/h4-5,7-8,11,13,15,20,22,25H,2-3,6,9-10,12,14,16-17H2,1H3,(H,28,34)/t22-,25-/m0/s1. The van der Waals surface area contributed by atoms with Gasteiger partial charge in [-0.05, 0) is 72.2 Å². The summed E-state index contributed by atoms with van der Waals surface area (Å²) in [7, 11) is 0. The second-order valence-corrected chi connectivity index (χ2v) is 10.1. The number of para-hydroxylation sites is 1. The van der Waals surface area contributed by atoms with Gasteiger partial charge in [-0.3, -0.25) is 9.69 Å². The molecule has 1 aromatic carbocycles. The molecule has 0 radical (unpaired) electrons. The molecule has 2 fully saturated rings. The Labute approximate surface area is 209 Å². The zero-order chi connectivity index (χ0) is 24.5. The number of aromatic amines is 1. The molecule has 9 heteroatoms. The summed E-state index contributed by atoms with van der Waals surface area (Å²) in [6, 6.07) is 11.7. The molecule has 1 aliphatic carbocycles. The fourth-order valence-corrected chi connectivity index (χ4v) is 5.81. The van der Waals surface area contributed by atoms with Gasteiger partial charge in [0.25, 0.3) is 5.56 Å². The molecule has 2 aliphatic rings. The van der Waals surface area contributed by atoms with Crippen LogP contribution >= 0.6 is 0 Å². The quantitative estimate of drug-likeness (QED) is 0.394. The molecule has 3 aromatic heterocycles. The minimum atomic E-state index is -0.455. The van der Waals surface area contributed by atoms with E-state index in [0.29, 0.717) is 24.5 Å². The molecule has 2 atom stereocenters. The van der Waals surface area contributed by atoms with Crippen molar-refractivity contribution in [3.05, 3.63) is 75.7 Å². The summed E-state index contributed by atoms with van der Waals surface area (Å²) >= 11 is 0. The first kappa shape index (κ1) is 23.1. The van der Waals surface area contributed by atoms with Gasteiger partial charge < -0.3 is 14.1 Å². The fourth-order valence-electron chi connectivity index (χ4n) is 5.81. The number of tetrazole rings is 1. The first-order valence-electron chi connectivity index (χ1n) is 13.0. The Morgan fingerprint density at radius 1 is 1.17 bits per heavy atom. The van der Waals surface area contributed by atoms with Crippen LogP contribution in [0, 0.1) is 6.92 Å². The van der Waals surface area contributed by atoms with E-state index in [-0.39, 0.29) is 17.7 Å². The van der Waals surface area contributed by atoms with E-state index in [1.165, 1.54) is 0 Å². The highest BCUT2D eigenvalue weighted by atomic mass is 16.5. The number of rotatable bonds is 8. The zero-order valence-corrected chi connectivity index (χ0v) is 20.6. The molecular formula is C27H32N6O3. The lowest BCUT2D eigenvalue weighted by molar-refractivity contribution is 0.0541. The van der Waals surface area contributed by atoms with Crippen LogP contribution in [-0.4, -0.2) is 49.3 Å². The lowest BCUT2D eigenvalue weighted by Crippen LogP contribution is -2.39. The molecule has 4 aromatic rings. The summed E-state index contributed by atoms with van der Waals surface area (Å²) < 4.78 is 13.7. The lowest BCUT2D eigenvalue weighted by Gasteiger charge is -2.32. The number of fused-ring (bicyclic) bond motifs is 1. The van der Waals surface area contributed by atoms with Crippen molar-refractivity contribution < 1.29 is 9.15 Å². The van der Waals surface area contributed by atoms with Crippen LogP contribution in [0.5, 0.6) is 0 Å². The predicted molar refractivity (Wildman–Crippen MR) is 135 cm³/mol. The third kappa shape index (κ3) is 4.49. The first-order chi connectivity index (χ1) is 17.7. The SMILES string of the molecule is Cc1cccc2cc([C@@H](c3nnnn3C3CCCC3)N(Cc3ccco3)C[C@@H]3CCCO3)c(=O)[nH]c12. The summed E-state index contributed by atoms with van der Waals surface area (Å²) in [6.45, 7) is 3.94. The number of benzene rings is 1. The van der Waals surface area contributed by atoms with E-state index in [2.05, 4.69) is 25.4 Å². The van der Waals surface area contributed by atoms with Crippen LogP contribution in [0.3, 0.4) is 0 Å². The van der Waals surface area contributed by atoms with Gasteiger partial charge in [0.15, 0.2) is 5.82 Å². The van der Waals surface area contributed by atoms with Crippen molar-refractivity contribution >= 4 is 10.9 Å². The number of hydrogen-bond donors (Lipinski definition) is 1. The molecule has 1 saturated heterocycles. The molecular weight excluding hydrogens is 456 g/mol. The summed E-state index contributed by atoms with van der Waals surface area (Å²) in [5, 5.41) is 14.1. The van der Waals surface area contributed by atoms with E-state index >= 15 is 0 Å². The molecule has 9 nitrogen and oxygen atoms in total. The Kier molecular flexibility index (Phi) is 6.41. The summed E-state index contributed by atoms with van der Waals surface area (Å²) in [6.07, 6.45) is 8.21. The first-order valence-corrected chi connectivity index (χ1v) is 13.0. The predicted octanol–water partition coefficient (Wildman–Crippen LogP) is 4.30. The highest BCUT2D eigenvalue weighted by molar-refractivity contribution is 5.82. The van der Waals surface area contributed by atoms with Crippen molar-refractivity contribution in [1.82, 2.24) is 30.1 Å². The summed E-state index contributed by atoms with van der Waals surface area (Å²) in [4.78, 5) is 19.1. The second kappa shape index (κ2) is 9.99. The van der Waals surface area contributed by atoms with E-state index < -0.39 is 6.04 Å². The van der Waals surface area contributed by atoms with Crippen molar-refractivity contribution in [3.8, 4) is 0 Å². The van der Waals surface area contributed by atoms with Gasteiger partial charge in [-0.2, -0.15) is 0 Å². The number of hydrogen-bond acceptors (Lipinski definition) is 7. The largest absolute Gasteiger partial charge is 0.468 e. The number of aromatic nitrogens is 5. The number of ether oxygens (including phenoxy) is 1. The van der Waals surface area contributed by atoms with E-state index in [0.717, 1.165) is 67.4 Å². The summed E-state index contributed by atoms with van der Waals surface area (Å²) in [5.41, 5.74) is 2.40. The van der Waals surface area contributed by atoms with Gasteiger partial charge >= 0.3 is 0 Å². The van der Waals surface area contributed by atoms with Crippen LogP contribution in [0.15, 0.2) is 51.9 Å². The smallest absolute Gasteiger partial charge is 0.253 e. The van der Waals surface area contributed by atoms with Gasteiger partial charge in [0, 0.05) is 18.7 Å². The Bertz CT molecular complexity index is 1370. The number of nitrogens with zero attached hydrogens (tertiary/aromatic N) is 5. The van der Waals surface area contributed by atoms with Crippen molar-refractivity contribution in [1.29, 1.82) is 0 Å². The molecule has 0 amide bonds. The lowest BCUT2D eigenvalue weighted by atomic mass is 10.0. The molecule has 6 rings (SSSR count). The Morgan fingerprint density at radius 3 is 2.83 bits per heavy atom. The molecule has 1 aliphatic heterocycles. The zero-order valence-electron chi connectivity index (χ0n) is 20.6. The van der Waals surface area contributed by atoms with Crippen LogP contribution in [0.2, 0.25) is 0 Å². The van der Waals surface area contributed by atoms with Gasteiger partial charge in [0.2, 0.25) is 0 Å². The Balaban J connectivity index is 1.51. The molecule has 4 heterocycles. The van der Waals surface area contributed by atoms with Gasteiger partial charge in [-0.15, -0.1) is 5.10 Å². The van der Waals surface area contributed by atoms with Crippen molar-refractivity contribution in [2.75, 3.05) is 13.2 Å². The average Bonchev–Trinajstić information content (AvgIpc) is 3.68. The highest BCUT2D eigenvalue weighted by Gasteiger charge is 2.35. The van der Waals surface area contributed by atoms with Gasteiger partial charge in [-0.25, -0.2) is 4.68 Å². The van der Waals surface area contributed by atoms with Crippen molar-refractivity contribution in [3.63, 3.8) is 0 Å². The molecule has 36 heavy (non-hydrogen) atoms. The van der Waals surface area contributed by atoms with Gasteiger partial charge in [0.05, 0.1) is 30.5 Å². The van der Waals surface area contributed by atoms with E-state index in [1.807, 2.05) is 48.0 Å². The fraction of sp³-hybridized carbons (Fsp3) is 0.481. The number of aryl methyl sites for hydroxylation is 1. The Morgan fingerprint density at radius 2 is 2.06 bits per heavy atom. The van der Waals surface area contributed by atoms with E-state index in [9.17, 15) is 4.79 Å². The van der Waals surface area contributed by atoms with Crippen LogP contribution in [0.1, 0.15) is 73.3 Å². The van der Waals surface area contributed by atoms with Crippen molar-refractivity contribution in [2.24, 2.45) is 0 Å². The molecule has 0 bridgehead atoms. The molecule has 1 N–H and O–H groups in total. The monoisotopic (exact) mass is 488 g/mol. The number of pyridine rings is 1. The van der Waals surface area contributed by atoms with Gasteiger partial charge in [-0.1, -0.05) is 31.0 Å². The van der Waals surface area contributed by atoms with Crippen LogP contribution < -0.4 is 5.56 Å². The molecule has 188 valence electrons. The maximum absolute atomic E-state index is 13.7.